The standard InChI is InChI=1S/C19H20N2O2S2/c1-13(2)12-24-19-21-16-9-8-14(10-17(16)25-19)20-18(22)11-23-15-6-4-3-5-7-15/h3-10,13H,11-12H2,1-2H3,(H,20,22). The molecule has 3 rings (SSSR count). The highest BCUT2D eigenvalue weighted by molar-refractivity contribution is 8.01. The molecule has 0 fully saturated rings. The molecule has 1 amide bonds. The second kappa shape index (κ2) is 8.36. The van der Waals surface area contributed by atoms with E-state index in [2.05, 4.69) is 24.1 Å². The molecule has 0 spiro atoms. The van der Waals surface area contributed by atoms with Crippen LogP contribution < -0.4 is 10.1 Å². The molecule has 2 aromatic carbocycles. The van der Waals surface area contributed by atoms with Crippen LogP contribution in [0.4, 0.5) is 5.69 Å². The second-order valence-corrected chi connectivity index (χ2v) is 8.31. The third kappa shape index (κ3) is 5.21. The summed E-state index contributed by atoms with van der Waals surface area (Å²) in [5, 5.41) is 2.87. The van der Waals surface area contributed by atoms with Gasteiger partial charge in [-0.1, -0.05) is 43.8 Å². The van der Waals surface area contributed by atoms with Gasteiger partial charge in [0, 0.05) is 11.4 Å². The van der Waals surface area contributed by atoms with Gasteiger partial charge < -0.3 is 10.1 Å². The molecular weight excluding hydrogens is 352 g/mol. The average molecular weight is 373 g/mol. The molecule has 6 heteroatoms. The van der Waals surface area contributed by atoms with Crippen molar-refractivity contribution in [2.45, 2.75) is 18.2 Å². The molecule has 1 aromatic heterocycles. The van der Waals surface area contributed by atoms with Crippen LogP contribution in [0.2, 0.25) is 0 Å². The summed E-state index contributed by atoms with van der Waals surface area (Å²) < 4.78 is 7.61. The van der Waals surface area contributed by atoms with E-state index in [4.69, 9.17) is 4.74 Å². The van der Waals surface area contributed by atoms with E-state index < -0.39 is 0 Å². The molecule has 0 atom stereocenters. The first-order valence-corrected chi connectivity index (χ1v) is 9.91. The van der Waals surface area contributed by atoms with E-state index >= 15 is 0 Å². The Hall–Kier alpha value is -2.05. The van der Waals surface area contributed by atoms with Crippen LogP contribution in [0.5, 0.6) is 5.75 Å². The van der Waals surface area contributed by atoms with Crippen molar-refractivity contribution in [3.63, 3.8) is 0 Å². The van der Waals surface area contributed by atoms with E-state index in [1.807, 2.05) is 48.5 Å². The first kappa shape index (κ1) is 17.8. The summed E-state index contributed by atoms with van der Waals surface area (Å²) in [6.07, 6.45) is 0. The zero-order valence-electron chi connectivity index (χ0n) is 14.2. The summed E-state index contributed by atoms with van der Waals surface area (Å²) in [7, 11) is 0. The Kier molecular flexibility index (Phi) is 5.94. The van der Waals surface area contributed by atoms with Crippen LogP contribution in [-0.2, 0) is 4.79 Å². The average Bonchev–Trinajstić information content (AvgIpc) is 3.01. The minimum atomic E-state index is -0.179. The molecule has 130 valence electrons. The van der Waals surface area contributed by atoms with Crippen molar-refractivity contribution in [1.82, 2.24) is 4.98 Å². The van der Waals surface area contributed by atoms with Gasteiger partial charge >= 0.3 is 0 Å². The zero-order chi connectivity index (χ0) is 17.6. The number of carbonyl (C=O) groups excluding carboxylic acids is 1. The van der Waals surface area contributed by atoms with Crippen LogP contribution in [0.1, 0.15) is 13.8 Å². The molecule has 0 bridgehead atoms. The topological polar surface area (TPSA) is 51.2 Å². The van der Waals surface area contributed by atoms with Gasteiger partial charge in [0.25, 0.3) is 5.91 Å². The number of thiazole rings is 1. The van der Waals surface area contributed by atoms with Gasteiger partial charge in [-0.25, -0.2) is 4.98 Å². The summed E-state index contributed by atoms with van der Waals surface area (Å²) in [5.41, 5.74) is 1.73. The van der Waals surface area contributed by atoms with Gasteiger partial charge in [-0.05, 0) is 36.2 Å². The molecule has 3 aromatic rings. The largest absolute Gasteiger partial charge is 0.484 e. The molecule has 0 unspecified atom stereocenters. The number of anilines is 1. The Morgan fingerprint density at radius 1 is 1.24 bits per heavy atom. The van der Waals surface area contributed by atoms with Crippen LogP contribution in [0.25, 0.3) is 10.2 Å². The number of benzene rings is 2. The number of hydrogen-bond acceptors (Lipinski definition) is 5. The number of fused-ring (bicyclic) bond motifs is 1. The van der Waals surface area contributed by atoms with E-state index in [-0.39, 0.29) is 12.5 Å². The molecule has 0 saturated carbocycles. The van der Waals surface area contributed by atoms with Gasteiger partial charge in [-0.15, -0.1) is 11.3 Å². The van der Waals surface area contributed by atoms with Crippen molar-refractivity contribution in [2.24, 2.45) is 5.92 Å². The third-order valence-corrected chi connectivity index (χ3v) is 5.89. The summed E-state index contributed by atoms with van der Waals surface area (Å²) in [6, 6.07) is 15.1. The fraction of sp³-hybridized carbons (Fsp3) is 0.263. The second-order valence-electron chi connectivity index (χ2n) is 6.02. The predicted octanol–water partition coefficient (Wildman–Crippen LogP) is 5.06. The maximum Gasteiger partial charge on any atom is 0.262 e. The fourth-order valence-electron chi connectivity index (χ4n) is 2.14. The van der Waals surface area contributed by atoms with Crippen LogP contribution >= 0.6 is 23.1 Å². The predicted molar refractivity (Wildman–Crippen MR) is 106 cm³/mol. The molecule has 0 saturated heterocycles. The number of amides is 1. The number of aromatic nitrogens is 1. The van der Waals surface area contributed by atoms with Gasteiger partial charge in [-0.3, -0.25) is 4.79 Å². The molecule has 4 nitrogen and oxygen atoms in total. The molecule has 0 aliphatic rings. The van der Waals surface area contributed by atoms with Gasteiger partial charge in [0.05, 0.1) is 10.2 Å². The number of ether oxygens (including phenoxy) is 1. The number of para-hydroxylation sites is 1. The minimum Gasteiger partial charge on any atom is -0.484 e. The van der Waals surface area contributed by atoms with Crippen LogP contribution in [-0.4, -0.2) is 23.3 Å². The molecule has 0 aliphatic heterocycles. The molecule has 25 heavy (non-hydrogen) atoms. The maximum absolute atomic E-state index is 12.1. The summed E-state index contributed by atoms with van der Waals surface area (Å²) in [4.78, 5) is 16.7. The van der Waals surface area contributed by atoms with Crippen molar-refractivity contribution in [2.75, 3.05) is 17.7 Å². The monoisotopic (exact) mass is 372 g/mol. The Balaban J connectivity index is 1.60. The third-order valence-electron chi connectivity index (χ3n) is 3.31. The van der Waals surface area contributed by atoms with Crippen LogP contribution in [0, 0.1) is 5.92 Å². The van der Waals surface area contributed by atoms with Gasteiger partial charge in [0.15, 0.2) is 10.9 Å². The maximum atomic E-state index is 12.1. The summed E-state index contributed by atoms with van der Waals surface area (Å²) in [5.74, 6) is 2.20. The first-order valence-electron chi connectivity index (χ1n) is 8.11. The van der Waals surface area contributed by atoms with Crippen molar-refractivity contribution in [3.05, 3.63) is 48.5 Å². The lowest BCUT2D eigenvalue weighted by molar-refractivity contribution is -0.118. The van der Waals surface area contributed by atoms with Crippen molar-refractivity contribution < 1.29 is 9.53 Å². The lowest BCUT2D eigenvalue weighted by Crippen LogP contribution is -2.20. The van der Waals surface area contributed by atoms with Crippen molar-refractivity contribution in [3.8, 4) is 5.75 Å². The number of hydrogen-bond donors (Lipinski definition) is 1. The quantitative estimate of drug-likeness (QED) is 0.589. The summed E-state index contributed by atoms with van der Waals surface area (Å²) in [6.45, 7) is 4.39. The molecule has 0 aliphatic carbocycles. The number of thioether (sulfide) groups is 1. The Morgan fingerprint density at radius 3 is 2.80 bits per heavy atom. The Bertz CT molecular complexity index is 847. The van der Waals surface area contributed by atoms with Crippen LogP contribution in [0.3, 0.4) is 0 Å². The van der Waals surface area contributed by atoms with E-state index in [1.165, 1.54) is 0 Å². The molecule has 0 radical (unpaired) electrons. The Labute approximate surface area is 155 Å². The highest BCUT2D eigenvalue weighted by atomic mass is 32.2. The van der Waals surface area contributed by atoms with Gasteiger partial charge in [0.2, 0.25) is 0 Å². The number of rotatable bonds is 7. The first-order chi connectivity index (χ1) is 12.1. The van der Waals surface area contributed by atoms with Crippen molar-refractivity contribution >= 4 is 44.9 Å². The van der Waals surface area contributed by atoms with E-state index in [0.717, 1.165) is 26.0 Å². The van der Waals surface area contributed by atoms with Gasteiger partial charge in [0.1, 0.15) is 5.75 Å². The van der Waals surface area contributed by atoms with E-state index in [0.29, 0.717) is 11.7 Å². The van der Waals surface area contributed by atoms with E-state index in [9.17, 15) is 4.79 Å². The van der Waals surface area contributed by atoms with Gasteiger partial charge in [-0.2, -0.15) is 0 Å². The normalized spacial score (nSPS) is 11.0. The number of carbonyl (C=O) groups is 1. The molecule has 1 heterocycles. The zero-order valence-corrected chi connectivity index (χ0v) is 15.8. The molecule has 1 N–H and O–H groups in total. The van der Waals surface area contributed by atoms with Crippen molar-refractivity contribution in [1.29, 1.82) is 0 Å². The highest BCUT2D eigenvalue weighted by Gasteiger charge is 2.08. The smallest absolute Gasteiger partial charge is 0.262 e. The Morgan fingerprint density at radius 2 is 2.04 bits per heavy atom. The number of nitrogens with one attached hydrogen (secondary N) is 1. The number of nitrogens with zero attached hydrogens (tertiary/aromatic N) is 1. The highest BCUT2D eigenvalue weighted by Crippen LogP contribution is 2.32. The SMILES string of the molecule is CC(C)CSc1nc2ccc(NC(=O)COc3ccccc3)cc2s1. The fourth-order valence-corrected chi connectivity index (χ4v) is 4.23. The molecular formula is C19H20N2O2S2. The van der Waals surface area contributed by atoms with Crippen LogP contribution in [0.15, 0.2) is 52.9 Å². The minimum absolute atomic E-state index is 0.0137. The lowest BCUT2D eigenvalue weighted by Gasteiger charge is -2.07. The van der Waals surface area contributed by atoms with E-state index in [1.54, 1.807) is 23.1 Å². The summed E-state index contributed by atoms with van der Waals surface area (Å²) >= 11 is 3.44. The lowest BCUT2D eigenvalue weighted by atomic mass is 10.3.